The minimum atomic E-state index is -0.200. The van der Waals surface area contributed by atoms with Crippen LogP contribution >= 0.6 is 15.9 Å². The molecule has 18 heavy (non-hydrogen) atoms. The summed E-state index contributed by atoms with van der Waals surface area (Å²) in [6.45, 7) is 4.06. The summed E-state index contributed by atoms with van der Waals surface area (Å²) in [6.07, 6.45) is 0.647. The normalized spacial score (nSPS) is 12.9. The molecule has 0 saturated carbocycles. The Morgan fingerprint density at radius 2 is 2.17 bits per heavy atom. The summed E-state index contributed by atoms with van der Waals surface area (Å²) >= 11 is 3.44. The first kappa shape index (κ1) is 13.2. The van der Waals surface area contributed by atoms with Crippen LogP contribution in [-0.4, -0.2) is 10.1 Å². The van der Waals surface area contributed by atoms with E-state index in [1.807, 2.05) is 38.1 Å². The fraction of sp³-hybridized carbons (Fsp3) is 0.385. The zero-order valence-corrected chi connectivity index (χ0v) is 12.0. The molecular weight excluding hydrogens is 294 g/mol. The Kier molecular flexibility index (Phi) is 4.14. The number of nitrogens with zero attached hydrogens (tertiary/aromatic N) is 2. The molecule has 2 aromatic rings. The zero-order chi connectivity index (χ0) is 13.1. The lowest BCUT2D eigenvalue weighted by molar-refractivity contribution is 0.322. The summed E-state index contributed by atoms with van der Waals surface area (Å²) in [6, 6.07) is 7.84. The van der Waals surface area contributed by atoms with Crippen molar-refractivity contribution in [2.75, 3.05) is 0 Å². The highest BCUT2D eigenvalue weighted by molar-refractivity contribution is 9.10. The molecule has 0 radical (unpaired) electrons. The highest BCUT2D eigenvalue weighted by atomic mass is 79.9. The van der Waals surface area contributed by atoms with Gasteiger partial charge in [-0.05, 0) is 23.6 Å². The lowest BCUT2D eigenvalue weighted by Crippen LogP contribution is -2.17. The largest absolute Gasteiger partial charge is 0.338 e. The number of hydrogen-bond donors (Lipinski definition) is 1. The van der Waals surface area contributed by atoms with E-state index < -0.39 is 0 Å². The quantitative estimate of drug-likeness (QED) is 0.942. The summed E-state index contributed by atoms with van der Waals surface area (Å²) in [5, 5.41) is 3.96. The van der Waals surface area contributed by atoms with Crippen LogP contribution in [0.2, 0.25) is 0 Å². The van der Waals surface area contributed by atoms with Crippen molar-refractivity contribution in [2.24, 2.45) is 11.7 Å². The molecular formula is C13H16BrN3O. The van der Waals surface area contributed by atoms with E-state index in [4.69, 9.17) is 10.3 Å². The maximum absolute atomic E-state index is 5.96. The molecule has 0 bridgehead atoms. The topological polar surface area (TPSA) is 64.9 Å². The fourth-order valence-corrected chi connectivity index (χ4v) is 2.04. The van der Waals surface area contributed by atoms with Crippen LogP contribution in [-0.2, 0) is 6.42 Å². The Morgan fingerprint density at radius 3 is 2.83 bits per heavy atom. The standard InChI is InChI=1S/C13H16BrN3O/c1-8(2)12(15)13-16-11(17-18-13)7-9-4-3-5-10(14)6-9/h3-6,8,12H,7,15H2,1-2H3/t12-/m0/s1. The van der Waals surface area contributed by atoms with Gasteiger partial charge in [-0.15, -0.1) is 0 Å². The molecule has 0 spiro atoms. The molecule has 0 aliphatic carbocycles. The first-order valence-corrected chi connectivity index (χ1v) is 6.68. The molecule has 1 atom stereocenters. The van der Waals surface area contributed by atoms with Gasteiger partial charge in [0.1, 0.15) is 0 Å². The van der Waals surface area contributed by atoms with Gasteiger partial charge >= 0.3 is 0 Å². The predicted octanol–water partition coefficient (Wildman–Crippen LogP) is 3.08. The lowest BCUT2D eigenvalue weighted by Gasteiger charge is -2.09. The number of benzene rings is 1. The highest BCUT2D eigenvalue weighted by Gasteiger charge is 2.17. The van der Waals surface area contributed by atoms with E-state index in [9.17, 15) is 0 Å². The van der Waals surface area contributed by atoms with Gasteiger partial charge in [0, 0.05) is 10.9 Å². The maximum Gasteiger partial charge on any atom is 0.243 e. The second-order valence-corrected chi connectivity index (χ2v) is 5.54. The summed E-state index contributed by atoms with van der Waals surface area (Å²) in [7, 11) is 0. The molecule has 0 amide bonds. The van der Waals surface area contributed by atoms with Gasteiger partial charge in [0.25, 0.3) is 0 Å². The molecule has 2 rings (SSSR count). The van der Waals surface area contributed by atoms with E-state index in [2.05, 4.69) is 26.1 Å². The van der Waals surface area contributed by atoms with Gasteiger partial charge in [-0.1, -0.05) is 47.1 Å². The van der Waals surface area contributed by atoms with E-state index in [1.54, 1.807) is 0 Å². The Bertz CT molecular complexity index is 524. The van der Waals surface area contributed by atoms with Crippen LogP contribution in [0.3, 0.4) is 0 Å². The van der Waals surface area contributed by atoms with E-state index >= 15 is 0 Å². The third kappa shape index (κ3) is 3.17. The maximum atomic E-state index is 5.96. The number of halogens is 1. The second-order valence-electron chi connectivity index (χ2n) is 4.63. The summed E-state index contributed by atoms with van der Waals surface area (Å²) in [5.41, 5.74) is 7.10. The molecule has 2 N–H and O–H groups in total. The molecule has 0 fully saturated rings. The van der Waals surface area contributed by atoms with Crippen molar-refractivity contribution in [3.05, 3.63) is 46.0 Å². The van der Waals surface area contributed by atoms with Gasteiger partial charge in [0.05, 0.1) is 6.04 Å². The fourth-order valence-electron chi connectivity index (χ4n) is 1.59. The second kappa shape index (κ2) is 5.63. The molecule has 0 saturated heterocycles. The van der Waals surface area contributed by atoms with Gasteiger partial charge in [-0.2, -0.15) is 4.98 Å². The van der Waals surface area contributed by atoms with Crippen molar-refractivity contribution in [1.82, 2.24) is 10.1 Å². The molecule has 1 aromatic heterocycles. The van der Waals surface area contributed by atoms with Crippen molar-refractivity contribution >= 4 is 15.9 Å². The molecule has 96 valence electrons. The van der Waals surface area contributed by atoms with Crippen LogP contribution in [0, 0.1) is 5.92 Å². The molecule has 1 heterocycles. The average molecular weight is 310 g/mol. The van der Waals surface area contributed by atoms with Crippen LogP contribution in [0.25, 0.3) is 0 Å². The molecule has 0 aliphatic heterocycles. The lowest BCUT2D eigenvalue weighted by atomic mass is 10.1. The highest BCUT2D eigenvalue weighted by Crippen LogP contribution is 2.18. The molecule has 0 aliphatic rings. The first-order valence-electron chi connectivity index (χ1n) is 5.89. The third-order valence-corrected chi connectivity index (χ3v) is 3.23. The molecule has 5 heteroatoms. The Balaban J connectivity index is 2.11. The number of rotatable bonds is 4. The Labute approximate surface area is 115 Å². The van der Waals surface area contributed by atoms with Gasteiger partial charge < -0.3 is 10.3 Å². The van der Waals surface area contributed by atoms with Crippen LogP contribution < -0.4 is 5.73 Å². The predicted molar refractivity (Wildman–Crippen MR) is 73.0 cm³/mol. The molecule has 0 unspecified atom stereocenters. The number of aromatic nitrogens is 2. The van der Waals surface area contributed by atoms with E-state index in [0.717, 1.165) is 10.0 Å². The Morgan fingerprint density at radius 1 is 1.39 bits per heavy atom. The van der Waals surface area contributed by atoms with Crippen LogP contribution in [0.5, 0.6) is 0 Å². The first-order chi connectivity index (χ1) is 8.56. The van der Waals surface area contributed by atoms with Crippen molar-refractivity contribution in [3.8, 4) is 0 Å². The van der Waals surface area contributed by atoms with Gasteiger partial charge in [0.15, 0.2) is 5.82 Å². The van der Waals surface area contributed by atoms with Crippen molar-refractivity contribution in [3.63, 3.8) is 0 Å². The summed E-state index contributed by atoms with van der Waals surface area (Å²) < 4.78 is 6.24. The smallest absolute Gasteiger partial charge is 0.243 e. The summed E-state index contributed by atoms with van der Waals surface area (Å²) in [5.74, 6) is 1.46. The molecule has 1 aromatic carbocycles. The van der Waals surface area contributed by atoms with Gasteiger partial charge in [-0.3, -0.25) is 0 Å². The Hall–Kier alpha value is -1.20. The molecule has 4 nitrogen and oxygen atoms in total. The van der Waals surface area contributed by atoms with Gasteiger partial charge in [0.2, 0.25) is 5.89 Å². The average Bonchev–Trinajstić information content (AvgIpc) is 2.76. The minimum Gasteiger partial charge on any atom is -0.338 e. The van der Waals surface area contributed by atoms with E-state index in [0.29, 0.717) is 18.1 Å². The number of hydrogen-bond acceptors (Lipinski definition) is 4. The third-order valence-electron chi connectivity index (χ3n) is 2.74. The van der Waals surface area contributed by atoms with E-state index in [-0.39, 0.29) is 12.0 Å². The summed E-state index contributed by atoms with van der Waals surface area (Å²) in [4.78, 5) is 4.34. The zero-order valence-electron chi connectivity index (χ0n) is 10.4. The van der Waals surface area contributed by atoms with Crippen molar-refractivity contribution in [1.29, 1.82) is 0 Å². The monoisotopic (exact) mass is 309 g/mol. The van der Waals surface area contributed by atoms with Gasteiger partial charge in [-0.25, -0.2) is 0 Å². The number of nitrogens with two attached hydrogens (primary N) is 1. The minimum absolute atomic E-state index is 0.200. The van der Waals surface area contributed by atoms with Crippen molar-refractivity contribution in [2.45, 2.75) is 26.3 Å². The van der Waals surface area contributed by atoms with Crippen LogP contribution in [0.15, 0.2) is 33.3 Å². The van der Waals surface area contributed by atoms with Crippen molar-refractivity contribution < 1.29 is 4.52 Å². The SMILES string of the molecule is CC(C)[C@H](N)c1nc(Cc2cccc(Br)c2)no1. The van der Waals surface area contributed by atoms with Crippen LogP contribution in [0.1, 0.15) is 37.2 Å². The van der Waals surface area contributed by atoms with Crippen LogP contribution in [0.4, 0.5) is 0 Å². The van der Waals surface area contributed by atoms with E-state index in [1.165, 1.54) is 0 Å².